The van der Waals surface area contributed by atoms with E-state index in [2.05, 4.69) is 5.10 Å². The summed E-state index contributed by atoms with van der Waals surface area (Å²) in [5.41, 5.74) is -1.05. The smallest absolute Gasteiger partial charge is 0.350 e. The number of rotatable bonds is 3. The molecule has 88 valence electrons. The SMILES string of the molecule is [2H]C([2H])([2H])n1cc([N+](=O)[O-])c(OC2COC2(C)C)n1. The van der Waals surface area contributed by atoms with Crippen molar-refractivity contribution in [1.82, 2.24) is 9.78 Å². The highest BCUT2D eigenvalue weighted by Crippen LogP contribution is 2.33. The molecule has 1 aromatic rings. The first-order chi connectivity index (χ1) is 8.61. The Hall–Kier alpha value is -1.63. The van der Waals surface area contributed by atoms with Crippen LogP contribution in [0.4, 0.5) is 5.69 Å². The second-order valence-corrected chi connectivity index (χ2v) is 4.04. The highest BCUT2D eigenvalue weighted by Gasteiger charge is 2.43. The van der Waals surface area contributed by atoms with Crippen LogP contribution >= 0.6 is 0 Å². The highest BCUT2D eigenvalue weighted by atomic mass is 16.6. The first-order valence-corrected chi connectivity index (χ1v) is 4.66. The molecule has 2 rings (SSSR count). The van der Waals surface area contributed by atoms with Crippen LogP contribution in [0.25, 0.3) is 0 Å². The van der Waals surface area contributed by atoms with E-state index in [0.717, 1.165) is 6.20 Å². The van der Waals surface area contributed by atoms with Crippen molar-refractivity contribution in [3.05, 3.63) is 16.3 Å². The molecule has 0 bridgehead atoms. The van der Waals surface area contributed by atoms with E-state index in [0.29, 0.717) is 4.68 Å². The fourth-order valence-corrected chi connectivity index (χ4v) is 1.35. The molecule has 1 aliphatic rings. The van der Waals surface area contributed by atoms with Gasteiger partial charge in [0.15, 0.2) is 6.10 Å². The molecule has 2 heterocycles. The Balaban J connectivity index is 2.29. The van der Waals surface area contributed by atoms with Crippen LogP contribution in [0.1, 0.15) is 18.0 Å². The molecular weight excluding hydrogens is 214 g/mol. The van der Waals surface area contributed by atoms with Gasteiger partial charge in [0.2, 0.25) is 0 Å². The normalized spacial score (nSPS) is 26.1. The molecule has 0 amide bonds. The fourth-order valence-electron chi connectivity index (χ4n) is 1.35. The maximum Gasteiger partial charge on any atom is 0.350 e. The average molecular weight is 230 g/mol. The summed E-state index contributed by atoms with van der Waals surface area (Å²) in [5, 5.41) is 14.5. The van der Waals surface area contributed by atoms with E-state index in [1.165, 1.54) is 0 Å². The van der Waals surface area contributed by atoms with Crippen LogP contribution < -0.4 is 4.74 Å². The predicted molar refractivity (Wildman–Crippen MR) is 54.3 cm³/mol. The van der Waals surface area contributed by atoms with Gasteiger partial charge in [-0.05, 0) is 13.8 Å². The van der Waals surface area contributed by atoms with E-state index in [4.69, 9.17) is 13.6 Å². The molecule has 7 nitrogen and oxygen atoms in total. The van der Waals surface area contributed by atoms with Gasteiger partial charge in [-0.15, -0.1) is 5.10 Å². The zero-order valence-corrected chi connectivity index (χ0v) is 8.84. The van der Waals surface area contributed by atoms with Gasteiger partial charge in [0.05, 0.1) is 11.5 Å². The van der Waals surface area contributed by atoms with Gasteiger partial charge in [-0.1, -0.05) is 0 Å². The Morgan fingerprint density at radius 2 is 2.62 bits per heavy atom. The summed E-state index contributed by atoms with van der Waals surface area (Å²) in [6.45, 7) is 1.24. The maximum atomic E-state index is 10.9. The van der Waals surface area contributed by atoms with Gasteiger partial charge >= 0.3 is 11.6 Å². The number of hydrogen-bond donors (Lipinski definition) is 0. The van der Waals surface area contributed by atoms with E-state index < -0.39 is 29.3 Å². The molecule has 1 atom stereocenters. The Morgan fingerprint density at radius 1 is 1.88 bits per heavy atom. The quantitative estimate of drug-likeness (QED) is 0.569. The van der Waals surface area contributed by atoms with E-state index in [1.807, 2.05) is 0 Å². The van der Waals surface area contributed by atoms with Crippen molar-refractivity contribution in [2.24, 2.45) is 6.98 Å². The van der Waals surface area contributed by atoms with E-state index in [-0.39, 0.29) is 12.5 Å². The minimum absolute atomic E-state index is 0.283. The highest BCUT2D eigenvalue weighted by molar-refractivity contribution is 5.38. The molecule has 1 aliphatic heterocycles. The van der Waals surface area contributed by atoms with Crippen molar-refractivity contribution in [3.63, 3.8) is 0 Å². The second kappa shape index (κ2) is 3.44. The van der Waals surface area contributed by atoms with Gasteiger partial charge in [0.25, 0.3) is 0 Å². The summed E-state index contributed by atoms with van der Waals surface area (Å²) in [5.74, 6) is -0.303. The van der Waals surface area contributed by atoms with Gasteiger partial charge in [0, 0.05) is 11.1 Å². The fraction of sp³-hybridized carbons (Fsp3) is 0.667. The molecular formula is C9H13N3O4. The molecule has 1 unspecified atom stereocenters. The summed E-state index contributed by atoms with van der Waals surface area (Å²) < 4.78 is 32.7. The van der Waals surface area contributed by atoms with Crippen LogP contribution in [0.3, 0.4) is 0 Å². The third-order valence-electron chi connectivity index (χ3n) is 2.49. The third kappa shape index (κ3) is 1.73. The molecule has 7 heteroatoms. The van der Waals surface area contributed by atoms with Gasteiger partial charge in [-0.25, -0.2) is 0 Å². The summed E-state index contributed by atoms with van der Waals surface area (Å²) in [7, 11) is 0. The van der Waals surface area contributed by atoms with Gasteiger partial charge in [-0.2, -0.15) is 0 Å². The van der Waals surface area contributed by atoms with Crippen molar-refractivity contribution < 1.29 is 18.5 Å². The Bertz CT molecular complexity index is 511. The molecule has 1 fully saturated rings. The van der Waals surface area contributed by atoms with Gasteiger partial charge in [0.1, 0.15) is 11.8 Å². The number of ether oxygens (including phenoxy) is 2. The monoisotopic (exact) mass is 230 g/mol. The van der Waals surface area contributed by atoms with E-state index in [9.17, 15) is 10.1 Å². The predicted octanol–water partition coefficient (Wildman–Crippen LogP) is 0.884. The Labute approximate surface area is 96.3 Å². The van der Waals surface area contributed by atoms with Crippen LogP contribution in [-0.2, 0) is 11.7 Å². The maximum absolute atomic E-state index is 10.9. The first-order valence-electron chi connectivity index (χ1n) is 6.16. The first kappa shape index (κ1) is 7.61. The van der Waals surface area contributed by atoms with Crippen molar-refractivity contribution in [2.75, 3.05) is 6.61 Å². The van der Waals surface area contributed by atoms with Crippen LogP contribution in [0.2, 0.25) is 0 Å². The number of nitro groups is 1. The molecule has 0 N–H and O–H groups in total. The standard InChI is InChI=1S/C9H13N3O4/c1-9(2)7(5-15-9)16-8-6(12(13)14)4-11(3)10-8/h4,7H,5H2,1-3H3/i3D3. The molecule has 0 radical (unpaired) electrons. The van der Waals surface area contributed by atoms with Crippen molar-refractivity contribution in [3.8, 4) is 5.88 Å². The zero-order valence-electron chi connectivity index (χ0n) is 11.8. The molecule has 0 saturated carbocycles. The molecule has 0 aromatic carbocycles. The lowest BCUT2D eigenvalue weighted by atomic mass is 9.96. The Morgan fingerprint density at radius 3 is 3.06 bits per heavy atom. The number of nitrogens with zero attached hydrogens (tertiary/aromatic N) is 3. The molecule has 0 spiro atoms. The molecule has 1 aromatic heterocycles. The van der Waals surface area contributed by atoms with E-state index >= 15 is 0 Å². The van der Waals surface area contributed by atoms with Crippen molar-refractivity contribution >= 4 is 5.69 Å². The van der Waals surface area contributed by atoms with Gasteiger partial charge in [-0.3, -0.25) is 14.8 Å². The van der Waals surface area contributed by atoms with Crippen LogP contribution in [-0.4, -0.2) is 33.0 Å². The molecule has 1 saturated heterocycles. The lowest BCUT2D eigenvalue weighted by Gasteiger charge is -2.42. The minimum Gasteiger partial charge on any atom is -0.463 e. The molecule has 16 heavy (non-hydrogen) atoms. The van der Waals surface area contributed by atoms with Gasteiger partial charge < -0.3 is 9.47 Å². The third-order valence-corrected chi connectivity index (χ3v) is 2.49. The van der Waals surface area contributed by atoms with E-state index in [1.54, 1.807) is 13.8 Å². The molecule has 0 aliphatic carbocycles. The summed E-state index contributed by atoms with van der Waals surface area (Å²) in [6.07, 6.45) is 0.445. The largest absolute Gasteiger partial charge is 0.463 e. The second-order valence-electron chi connectivity index (χ2n) is 4.04. The van der Waals surface area contributed by atoms with Crippen LogP contribution in [0.5, 0.6) is 5.88 Å². The zero-order chi connectivity index (χ0) is 14.4. The number of hydrogen-bond acceptors (Lipinski definition) is 5. The average Bonchev–Trinajstić information content (AvgIpc) is 2.68. The van der Waals surface area contributed by atoms with Crippen LogP contribution in [0, 0.1) is 10.1 Å². The summed E-state index contributed by atoms with van der Waals surface area (Å²) in [6, 6.07) is 0. The topological polar surface area (TPSA) is 79.4 Å². The summed E-state index contributed by atoms with van der Waals surface area (Å²) in [4.78, 5) is 10.1. The van der Waals surface area contributed by atoms with Crippen molar-refractivity contribution in [1.29, 1.82) is 0 Å². The van der Waals surface area contributed by atoms with Crippen molar-refractivity contribution in [2.45, 2.75) is 25.6 Å². The number of aryl methyl sites for hydroxylation is 1. The Kier molecular flexibility index (Phi) is 1.64. The van der Waals surface area contributed by atoms with Crippen LogP contribution in [0.15, 0.2) is 6.20 Å². The lowest BCUT2D eigenvalue weighted by molar-refractivity contribution is -0.386. The minimum atomic E-state index is -2.59. The summed E-state index contributed by atoms with van der Waals surface area (Å²) >= 11 is 0. The number of aromatic nitrogens is 2. The lowest BCUT2D eigenvalue weighted by Crippen LogP contribution is -2.56.